The molecule has 0 unspecified atom stereocenters. The van der Waals surface area contributed by atoms with Crippen LogP contribution < -0.4 is 0 Å². The largest absolute Gasteiger partial charge is 0.396 e. The highest BCUT2D eigenvalue weighted by atomic mass is 16.3. The lowest BCUT2D eigenvalue weighted by Gasteiger charge is -2.61. The summed E-state index contributed by atoms with van der Waals surface area (Å²) in [5.41, 5.74) is 0.526. The molecule has 3 heteroatoms. The standard InChI is InChI=1S/C22H36O3/c1-13(12-23)16-4-5-17-20-18(7-9-22(16,17)3)21(2)8-6-15(24)10-14(21)11-19(20)25/h13-14,16-20,23,25H,4-12H2,1-3H3/t13-,14+,16-,17+,18+,19+,20+,21+,22-/m1/s1. The maximum atomic E-state index is 12.0. The predicted molar refractivity (Wildman–Crippen MR) is 97.9 cm³/mol. The topological polar surface area (TPSA) is 57.5 Å². The molecular formula is C22H36O3. The molecule has 4 aliphatic carbocycles. The zero-order valence-electron chi connectivity index (χ0n) is 16.2. The van der Waals surface area contributed by atoms with E-state index in [0.717, 1.165) is 19.3 Å². The summed E-state index contributed by atoms with van der Waals surface area (Å²) in [7, 11) is 0. The van der Waals surface area contributed by atoms with Crippen LogP contribution in [0, 0.1) is 46.3 Å². The molecule has 9 atom stereocenters. The second-order valence-electron chi connectivity index (χ2n) is 10.4. The van der Waals surface area contributed by atoms with Gasteiger partial charge in [-0.25, -0.2) is 0 Å². The zero-order chi connectivity index (χ0) is 18.0. The van der Waals surface area contributed by atoms with Crippen molar-refractivity contribution in [2.24, 2.45) is 46.3 Å². The van der Waals surface area contributed by atoms with Crippen molar-refractivity contribution >= 4 is 5.78 Å². The Bertz CT molecular complexity index is 545. The summed E-state index contributed by atoms with van der Waals surface area (Å²) in [4.78, 5) is 12.0. The van der Waals surface area contributed by atoms with Crippen LogP contribution in [0.25, 0.3) is 0 Å². The highest BCUT2D eigenvalue weighted by molar-refractivity contribution is 5.79. The molecule has 4 fully saturated rings. The fourth-order valence-electron chi connectivity index (χ4n) is 8.12. The Hall–Kier alpha value is -0.410. The van der Waals surface area contributed by atoms with Gasteiger partial charge in [-0.15, -0.1) is 0 Å². The van der Waals surface area contributed by atoms with E-state index in [0.29, 0.717) is 47.7 Å². The number of aliphatic hydroxyl groups is 2. The summed E-state index contributed by atoms with van der Waals surface area (Å²) in [5.74, 6) is 3.33. The molecule has 4 aliphatic rings. The molecular weight excluding hydrogens is 312 g/mol. The minimum atomic E-state index is -0.234. The minimum Gasteiger partial charge on any atom is -0.396 e. The van der Waals surface area contributed by atoms with Crippen molar-refractivity contribution in [3.05, 3.63) is 0 Å². The first kappa shape index (κ1) is 18.0. The van der Waals surface area contributed by atoms with Crippen LogP contribution in [0.4, 0.5) is 0 Å². The van der Waals surface area contributed by atoms with E-state index in [1.54, 1.807) is 0 Å². The Morgan fingerprint density at radius 1 is 1.12 bits per heavy atom. The average Bonchev–Trinajstić information content (AvgIpc) is 2.93. The van der Waals surface area contributed by atoms with Gasteiger partial charge in [0.2, 0.25) is 0 Å². The van der Waals surface area contributed by atoms with Crippen LogP contribution in [0.3, 0.4) is 0 Å². The smallest absolute Gasteiger partial charge is 0.133 e. The fraction of sp³-hybridized carbons (Fsp3) is 0.955. The third-order valence-corrected chi connectivity index (χ3v) is 9.55. The molecule has 3 nitrogen and oxygen atoms in total. The molecule has 0 amide bonds. The van der Waals surface area contributed by atoms with Crippen LogP contribution in [-0.2, 0) is 4.79 Å². The Morgan fingerprint density at radius 2 is 1.84 bits per heavy atom. The molecule has 2 N–H and O–H groups in total. The van der Waals surface area contributed by atoms with Crippen molar-refractivity contribution < 1.29 is 15.0 Å². The summed E-state index contributed by atoms with van der Waals surface area (Å²) in [6, 6.07) is 0. The molecule has 4 saturated carbocycles. The number of Topliss-reactive ketones (excluding diaryl/α,β-unsaturated/α-hetero) is 1. The number of aliphatic hydroxyl groups excluding tert-OH is 2. The quantitative estimate of drug-likeness (QED) is 0.798. The van der Waals surface area contributed by atoms with E-state index in [9.17, 15) is 15.0 Å². The van der Waals surface area contributed by atoms with Gasteiger partial charge in [0.25, 0.3) is 0 Å². The van der Waals surface area contributed by atoms with Crippen molar-refractivity contribution in [1.29, 1.82) is 0 Å². The monoisotopic (exact) mass is 348 g/mol. The van der Waals surface area contributed by atoms with Gasteiger partial charge in [0.05, 0.1) is 6.10 Å². The van der Waals surface area contributed by atoms with Gasteiger partial charge in [-0.3, -0.25) is 4.79 Å². The van der Waals surface area contributed by atoms with E-state index in [2.05, 4.69) is 20.8 Å². The molecule has 0 radical (unpaired) electrons. The van der Waals surface area contributed by atoms with E-state index in [1.807, 2.05) is 0 Å². The van der Waals surface area contributed by atoms with Gasteiger partial charge in [0.1, 0.15) is 5.78 Å². The van der Waals surface area contributed by atoms with Crippen LogP contribution >= 0.6 is 0 Å². The average molecular weight is 349 g/mol. The fourth-order valence-corrected chi connectivity index (χ4v) is 8.12. The number of hydrogen-bond donors (Lipinski definition) is 2. The molecule has 0 heterocycles. The van der Waals surface area contributed by atoms with Crippen LogP contribution in [0.5, 0.6) is 0 Å². The Kier molecular flexibility index (Phi) is 4.35. The Labute approximate surface area is 152 Å². The molecule has 0 aromatic heterocycles. The van der Waals surface area contributed by atoms with Crippen molar-refractivity contribution in [3.63, 3.8) is 0 Å². The van der Waals surface area contributed by atoms with Crippen molar-refractivity contribution in [3.8, 4) is 0 Å². The van der Waals surface area contributed by atoms with E-state index < -0.39 is 0 Å². The summed E-state index contributed by atoms with van der Waals surface area (Å²) < 4.78 is 0. The lowest BCUT2D eigenvalue weighted by molar-refractivity contribution is -0.169. The third-order valence-electron chi connectivity index (χ3n) is 9.55. The lowest BCUT2D eigenvalue weighted by Crippen LogP contribution is -2.58. The number of rotatable bonds is 2. The van der Waals surface area contributed by atoms with Crippen molar-refractivity contribution in [2.45, 2.75) is 78.2 Å². The van der Waals surface area contributed by atoms with Gasteiger partial charge in [-0.1, -0.05) is 20.8 Å². The first-order valence-corrected chi connectivity index (χ1v) is 10.6. The number of carbonyl (C=O) groups is 1. The summed E-state index contributed by atoms with van der Waals surface area (Å²) in [5, 5.41) is 20.9. The van der Waals surface area contributed by atoms with Gasteiger partial charge in [0, 0.05) is 19.4 Å². The second kappa shape index (κ2) is 6.05. The predicted octanol–water partition coefficient (Wildman–Crippen LogP) is 3.81. The molecule has 142 valence electrons. The molecule has 0 aromatic carbocycles. The third kappa shape index (κ3) is 2.48. The first-order chi connectivity index (χ1) is 11.8. The maximum Gasteiger partial charge on any atom is 0.133 e. The maximum absolute atomic E-state index is 12.0. The number of ketones is 1. The van der Waals surface area contributed by atoms with Crippen molar-refractivity contribution in [1.82, 2.24) is 0 Å². The van der Waals surface area contributed by atoms with E-state index in [-0.39, 0.29) is 23.5 Å². The minimum absolute atomic E-state index is 0.234. The van der Waals surface area contributed by atoms with E-state index in [1.165, 1.54) is 25.7 Å². The molecule has 0 saturated heterocycles. The van der Waals surface area contributed by atoms with Gasteiger partial charge in [0.15, 0.2) is 0 Å². The summed E-state index contributed by atoms with van der Waals surface area (Å²) in [6.45, 7) is 7.36. The van der Waals surface area contributed by atoms with Gasteiger partial charge in [-0.05, 0) is 84.9 Å². The molecule has 25 heavy (non-hydrogen) atoms. The molecule has 0 bridgehead atoms. The van der Waals surface area contributed by atoms with Gasteiger partial charge in [-0.2, -0.15) is 0 Å². The molecule has 0 spiro atoms. The Morgan fingerprint density at radius 3 is 2.56 bits per heavy atom. The van der Waals surface area contributed by atoms with E-state index >= 15 is 0 Å². The normalized spacial score (nSPS) is 53.7. The van der Waals surface area contributed by atoms with Crippen LogP contribution in [0.1, 0.15) is 72.1 Å². The highest BCUT2D eigenvalue weighted by Crippen LogP contribution is 2.67. The SMILES string of the molecule is C[C@H](CO)[C@H]1CC[C@H]2[C@@H]3[C@@H](O)C[C@@H]4CC(=O)CC[C@]4(C)[C@H]3CC[C@]12C. The van der Waals surface area contributed by atoms with Gasteiger partial charge < -0.3 is 10.2 Å². The van der Waals surface area contributed by atoms with Crippen LogP contribution in [0.15, 0.2) is 0 Å². The summed E-state index contributed by atoms with van der Waals surface area (Å²) >= 11 is 0. The highest BCUT2D eigenvalue weighted by Gasteiger charge is 2.62. The Balaban J connectivity index is 1.64. The number of fused-ring (bicyclic) bond motifs is 5. The second-order valence-corrected chi connectivity index (χ2v) is 10.4. The molecule has 0 aliphatic heterocycles. The van der Waals surface area contributed by atoms with Crippen LogP contribution in [-0.4, -0.2) is 28.7 Å². The summed E-state index contributed by atoms with van der Waals surface area (Å²) in [6.07, 6.45) is 7.92. The zero-order valence-corrected chi connectivity index (χ0v) is 16.2. The van der Waals surface area contributed by atoms with Crippen molar-refractivity contribution in [2.75, 3.05) is 6.61 Å². The first-order valence-electron chi connectivity index (χ1n) is 10.6. The molecule has 0 aromatic rings. The van der Waals surface area contributed by atoms with E-state index in [4.69, 9.17) is 0 Å². The lowest BCUT2D eigenvalue weighted by atomic mass is 9.44. The number of carbonyl (C=O) groups excluding carboxylic acids is 1. The van der Waals surface area contributed by atoms with Gasteiger partial charge >= 0.3 is 0 Å². The molecule has 4 rings (SSSR count). The number of hydrogen-bond acceptors (Lipinski definition) is 3. The van der Waals surface area contributed by atoms with Crippen LogP contribution in [0.2, 0.25) is 0 Å².